The van der Waals surface area contributed by atoms with Crippen LogP contribution in [0, 0.1) is 11.6 Å². The van der Waals surface area contributed by atoms with Gasteiger partial charge in [0.05, 0.1) is 21.1 Å². The standard InChI is InChI=1S/C18H15ClF5NO3S/c19-14-3-1-11(9-13(14)18(22,23)24)17(26)5-7-25(8-6-17)29(27,28)12-2-4-15(20)16(21)10-12/h1-4,9-10,26H,5-8H2. The second-order valence-corrected chi connectivity index (χ2v) is 9.05. The summed E-state index contributed by atoms with van der Waals surface area (Å²) in [5.41, 5.74) is -2.81. The van der Waals surface area contributed by atoms with Crippen LogP contribution < -0.4 is 0 Å². The molecule has 0 aliphatic carbocycles. The van der Waals surface area contributed by atoms with Crippen molar-refractivity contribution >= 4 is 21.6 Å². The Morgan fingerprint density at radius 1 is 1.00 bits per heavy atom. The molecule has 0 bridgehead atoms. The second kappa shape index (κ2) is 7.50. The van der Waals surface area contributed by atoms with E-state index in [2.05, 4.69) is 0 Å². The van der Waals surface area contributed by atoms with Crippen LogP contribution in [0.1, 0.15) is 24.0 Å². The van der Waals surface area contributed by atoms with Gasteiger partial charge in [-0.25, -0.2) is 17.2 Å². The number of sulfonamides is 1. The molecule has 2 aromatic rings. The molecule has 3 rings (SSSR count). The number of alkyl halides is 3. The molecule has 11 heteroatoms. The number of aliphatic hydroxyl groups is 1. The van der Waals surface area contributed by atoms with E-state index in [-0.39, 0.29) is 31.5 Å². The molecule has 0 radical (unpaired) electrons. The highest BCUT2D eigenvalue weighted by Gasteiger charge is 2.40. The normalized spacial score (nSPS) is 18.0. The van der Waals surface area contributed by atoms with Gasteiger partial charge in [-0.05, 0) is 48.7 Å². The van der Waals surface area contributed by atoms with Crippen molar-refractivity contribution in [3.8, 4) is 0 Å². The Morgan fingerprint density at radius 2 is 1.62 bits per heavy atom. The van der Waals surface area contributed by atoms with Gasteiger partial charge >= 0.3 is 6.18 Å². The summed E-state index contributed by atoms with van der Waals surface area (Å²) in [4.78, 5) is -0.451. The fourth-order valence-corrected chi connectivity index (χ4v) is 4.88. The lowest BCUT2D eigenvalue weighted by Gasteiger charge is -2.38. The molecule has 158 valence electrons. The number of benzene rings is 2. The third kappa shape index (κ3) is 4.25. The summed E-state index contributed by atoms with van der Waals surface area (Å²) in [6.45, 7) is -0.441. The van der Waals surface area contributed by atoms with Crippen molar-refractivity contribution < 1.29 is 35.5 Å². The molecule has 1 N–H and O–H groups in total. The van der Waals surface area contributed by atoms with Crippen molar-refractivity contribution in [2.45, 2.75) is 29.5 Å². The first-order valence-corrected chi connectivity index (χ1v) is 10.2. The van der Waals surface area contributed by atoms with Crippen molar-refractivity contribution in [2.24, 2.45) is 0 Å². The Balaban J connectivity index is 1.83. The molecule has 4 nitrogen and oxygen atoms in total. The average molecular weight is 456 g/mol. The van der Waals surface area contributed by atoms with Crippen molar-refractivity contribution in [3.63, 3.8) is 0 Å². The second-order valence-electron chi connectivity index (χ2n) is 6.70. The molecule has 0 unspecified atom stereocenters. The molecular formula is C18H15ClF5NO3S. The van der Waals surface area contributed by atoms with Gasteiger partial charge in [0.25, 0.3) is 0 Å². The van der Waals surface area contributed by atoms with Gasteiger partial charge in [0, 0.05) is 13.1 Å². The van der Waals surface area contributed by atoms with Crippen molar-refractivity contribution in [1.29, 1.82) is 0 Å². The largest absolute Gasteiger partial charge is 0.417 e. The molecule has 2 aromatic carbocycles. The van der Waals surface area contributed by atoms with E-state index in [9.17, 15) is 35.5 Å². The molecule has 1 saturated heterocycles. The van der Waals surface area contributed by atoms with Crippen molar-refractivity contribution in [2.75, 3.05) is 13.1 Å². The Labute approximate surface area is 168 Å². The monoisotopic (exact) mass is 455 g/mol. The number of hydrogen-bond donors (Lipinski definition) is 1. The van der Waals surface area contributed by atoms with Crippen LogP contribution in [-0.4, -0.2) is 30.9 Å². The highest BCUT2D eigenvalue weighted by Crippen LogP contribution is 2.40. The third-order valence-corrected chi connectivity index (χ3v) is 7.11. The molecule has 1 aliphatic rings. The Morgan fingerprint density at radius 3 is 2.17 bits per heavy atom. The van der Waals surface area contributed by atoms with Crippen LogP contribution in [0.5, 0.6) is 0 Å². The molecule has 29 heavy (non-hydrogen) atoms. The summed E-state index contributed by atoms with van der Waals surface area (Å²) in [5.74, 6) is -2.51. The van der Waals surface area contributed by atoms with Gasteiger partial charge < -0.3 is 5.11 Å². The summed E-state index contributed by atoms with van der Waals surface area (Å²) in [7, 11) is -4.16. The quantitative estimate of drug-likeness (QED) is 0.702. The Kier molecular flexibility index (Phi) is 5.67. The fourth-order valence-electron chi connectivity index (χ4n) is 3.20. The number of nitrogens with zero attached hydrogens (tertiary/aromatic N) is 1. The highest BCUT2D eigenvalue weighted by atomic mass is 35.5. The number of halogens is 6. The van der Waals surface area contributed by atoms with Crippen LogP contribution in [0.4, 0.5) is 22.0 Å². The SMILES string of the molecule is O=S(=O)(c1ccc(F)c(F)c1)N1CCC(O)(c2ccc(Cl)c(C(F)(F)F)c2)CC1. The molecule has 1 aliphatic heterocycles. The highest BCUT2D eigenvalue weighted by molar-refractivity contribution is 7.89. The summed E-state index contributed by atoms with van der Waals surface area (Å²) >= 11 is 5.59. The smallest absolute Gasteiger partial charge is 0.385 e. The molecule has 0 atom stereocenters. The van der Waals surface area contributed by atoms with E-state index in [0.29, 0.717) is 12.1 Å². The lowest BCUT2D eigenvalue weighted by atomic mass is 9.84. The molecule has 0 spiro atoms. The zero-order valence-electron chi connectivity index (χ0n) is 14.7. The summed E-state index contributed by atoms with van der Waals surface area (Å²) in [5, 5.41) is 10.3. The van der Waals surface area contributed by atoms with Crippen LogP contribution >= 0.6 is 11.6 Å². The summed E-state index contributed by atoms with van der Waals surface area (Å²) in [6, 6.07) is 5.21. The molecule has 1 fully saturated rings. The minimum atomic E-state index is -4.71. The maximum Gasteiger partial charge on any atom is 0.417 e. The topological polar surface area (TPSA) is 57.6 Å². The maximum atomic E-state index is 13.4. The molecule has 0 amide bonds. The number of piperidine rings is 1. The third-order valence-electron chi connectivity index (χ3n) is 4.89. The fraction of sp³-hybridized carbons (Fsp3) is 0.333. The van der Waals surface area contributed by atoms with Crippen LogP contribution in [0.2, 0.25) is 5.02 Å². The maximum absolute atomic E-state index is 13.4. The van der Waals surface area contributed by atoms with E-state index in [1.807, 2.05) is 0 Å². The van der Waals surface area contributed by atoms with Gasteiger partial charge in [-0.1, -0.05) is 17.7 Å². The van der Waals surface area contributed by atoms with Gasteiger partial charge in [0.1, 0.15) is 0 Å². The van der Waals surface area contributed by atoms with Gasteiger partial charge in [-0.2, -0.15) is 17.5 Å². The van der Waals surface area contributed by atoms with Crippen LogP contribution in [0.25, 0.3) is 0 Å². The summed E-state index contributed by atoms with van der Waals surface area (Å²) in [6.07, 6.45) is -5.08. The van der Waals surface area contributed by atoms with E-state index >= 15 is 0 Å². The van der Waals surface area contributed by atoms with Gasteiger partial charge in [-0.15, -0.1) is 0 Å². The molecule has 1 heterocycles. The Hall–Kier alpha value is -1.75. The van der Waals surface area contributed by atoms with Gasteiger partial charge in [0.15, 0.2) is 11.6 Å². The number of rotatable bonds is 3. The van der Waals surface area contributed by atoms with Crippen LogP contribution in [0.3, 0.4) is 0 Å². The van der Waals surface area contributed by atoms with Gasteiger partial charge in [-0.3, -0.25) is 0 Å². The molecule has 0 saturated carbocycles. The predicted molar refractivity (Wildman–Crippen MR) is 94.7 cm³/mol. The first kappa shape index (κ1) is 21.9. The number of hydrogen-bond acceptors (Lipinski definition) is 3. The van der Waals surface area contributed by atoms with Crippen LogP contribution in [-0.2, 0) is 21.8 Å². The first-order valence-electron chi connectivity index (χ1n) is 8.39. The van der Waals surface area contributed by atoms with Crippen molar-refractivity contribution in [1.82, 2.24) is 4.31 Å². The van der Waals surface area contributed by atoms with E-state index in [1.165, 1.54) is 6.07 Å². The lowest BCUT2D eigenvalue weighted by Crippen LogP contribution is -2.45. The van der Waals surface area contributed by atoms with Gasteiger partial charge in [0.2, 0.25) is 10.0 Å². The zero-order valence-corrected chi connectivity index (χ0v) is 16.3. The molecular weight excluding hydrogens is 441 g/mol. The average Bonchev–Trinajstić information content (AvgIpc) is 2.63. The van der Waals surface area contributed by atoms with E-state index in [0.717, 1.165) is 22.5 Å². The zero-order chi connectivity index (χ0) is 21.6. The first-order chi connectivity index (χ1) is 13.3. The lowest BCUT2D eigenvalue weighted by molar-refractivity contribution is -0.137. The summed E-state index contributed by atoms with van der Waals surface area (Å²) < 4.78 is 91.9. The minimum absolute atomic E-state index is 0.0286. The van der Waals surface area contributed by atoms with E-state index in [4.69, 9.17) is 11.6 Å². The predicted octanol–water partition coefficient (Wildman–Crippen LogP) is 4.31. The van der Waals surface area contributed by atoms with E-state index < -0.39 is 48.9 Å². The van der Waals surface area contributed by atoms with E-state index in [1.54, 1.807) is 0 Å². The Bertz CT molecular complexity index is 1030. The van der Waals surface area contributed by atoms with Crippen molar-refractivity contribution in [3.05, 3.63) is 64.2 Å². The molecule has 0 aromatic heterocycles. The van der Waals surface area contributed by atoms with Crippen LogP contribution in [0.15, 0.2) is 41.3 Å². The minimum Gasteiger partial charge on any atom is -0.385 e.